The minimum Gasteiger partial charge on any atom is -0.480 e. The van der Waals surface area contributed by atoms with Crippen molar-refractivity contribution in [2.45, 2.75) is 63.7 Å². The van der Waals surface area contributed by atoms with E-state index in [-0.39, 0.29) is 18.9 Å². The number of nitrogens with two attached hydrogens (primary N) is 2. The van der Waals surface area contributed by atoms with Gasteiger partial charge in [-0.2, -0.15) is 0 Å². The highest BCUT2D eigenvalue weighted by molar-refractivity contribution is 5.95. The van der Waals surface area contributed by atoms with Gasteiger partial charge in [-0.05, 0) is 18.8 Å². The highest BCUT2D eigenvalue weighted by Crippen LogP contribution is 2.19. The van der Waals surface area contributed by atoms with Gasteiger partial charge in [-0.1, -0.05) is 20.3 Å². The molecule has 8 N–H and O–H groups in total. The summed E-state index contributed by atoms with van der Waals surface area (Å²) in [4.78, 5) is 61.1. The molecule has 12 heteroatoms. The number of rotatable bonds is 11. The number of hydrogen-bond acceptors (Lipinski definition) is 7. The number of amides is 4. The van der Waals surface area contributed by atoms with Crippen molar-refractivity contribution >= 4 is 29.6 Å². The van der Waals surface area contributed by atoms with Crippen molar-refractivity contribution in [3.63, 3.8) is 0 Å². The number of carboxylic acids is 1. The summed E-state index contributed by atoms with van der Waals surface area (Å²) in [5, 5.41) is 23.5. The summed E-state index contributed by atoms with van der Waals surface area (Å²) in [6.45, 7) is 2.91. The second-order valence-electron chi connectivity index (χ2n) is 7.42. The molecular formula is C18H31N5O7. The van der Waals surface area contributed by atoms with Crippen molar-refractivity contribution in [1.82, 2.24) is 15.5 Å². The quantitative estimate of drug-likeness (QED) is 0.203. The molecule has 0 bridgehead atoms. The maximum absolute atomic E-state index is 12.6. The smallest absolute Gasteiger partial charge is 0.326 e. The van der Waals surface area contributed by atoms with E-state index < -0.39 is 60.4 Å². The highest BCUT2D eigenvalue weighted by atomic mass is 16.4. The van der Waals surface area contributed by atoms with Crippen molar-refractivity contribution in [2.24, 2.45) is 17.4 Å². The molecular weight excluding hydrogens is 398 g/mol. The van der Waals surface area contributed by atoms with Crippen LogP contribution in [0.25, 0.3) is 0 Å². The van der Waals surface area contributed by atoms with Gasteiger partial charge in [-0.3, -0.25) is 19.2 Å². The van der Waals surface area contributed by atoms with Gasteiger partial charge in [0, 0.05) is 6.54 Å². The third kappa shape index (κ3) is 6.66. The summed E-state index contributed by atoms with van der Waals surface area (Å²) < 4.78 is 0. The van der Waals surface area contributed by atoms with Crippen molar-refractivity contribution in [2.75, 3.05) is 13.2 Å². The molecule has 1 rings (SSSR count). The fraction of sp³-hybridized carbons (Fsp3) is 0.722. The Hall–Kier alpha value is -2.73. The van der Waals surface area contributed by atoms with Gasteiger partial charge in [-0.25, -0.2) is 4.79 Å². The summed E-state index contributed by atoms with van der Waals surface area (Å²) in [6.07, 6.45) is 0.957. The first-order valence-electron chi connectivity index (χ1n) is 9.82. The van der Waals surface area contributed by atoms with Gasteiger partial charge in [0.2, 0.25) is 23.6 Å². The van der Waals surface area contributed by atoms with E-state index in [1.165, 1.54) is 4.90 Å². The van der Waals surface area contributed by atoms with Crippen LogP contribution in [0.1, 0.15) is 39.5 Å². The second-order valence-corrected chi connectivity index (χ2v) is 7.42. The number of carbonyl (C=O) groups excluding carboxylic acids is 4. The molecule has 5 atom stereocenters. The molecule has 0 radical (unpaired) electrons. The van der Waals surface area contributed by atoms with Crippen LogP contribution in [0.15, 0.2) is 0 Å². The predicted molar refractivity (Wildman–Crippen MR) is 105 cm³/mol. The van der Waals surface area contributed by atoms with Gasteiger partial charge in [-0.15, -0.1) is 0 Å². The molecule has 0 aliphatic carbocycles. The van der Waals surface area contributed by atoms with Crippen LogP contribution in [0, 0.1) is 5.92 Å². The van der Waals surface area contributed by atoms with E-state index in [9.17, 15) is 34.2 Å². The van der Waals surface area contributed by atoms with Crippen LogP contribution in [0.2, 0.25) is 0 Å². The lowest BCUT2D eigenvalue weighted by atomic mass is 9.99. The summed E-state index contributed by atoms with van der Waals surface area (Å²) >= 11 is 0. The van der Waals surface area contributed by atoms with Crippen LogP contribution >= 0.6 is 0 Å². The standard InChI is InChI=1S/C18H31N5O7/c1-3-9(2)14(18(29)30)22-15(26)11(8-24)21-16(27)12-5-4-6-23(12)17(28)10(19)7-13(20)25/h9-12,14,24H,3-8,19H2,1-2H3,(H2,20,25)(H,21,27)(H,22,26)(H,29,30). The number of nitrogens with zero attached hydrogens (tertiary/aromatic N) is 1. The minimum absolute atomic E-state index is 0.245. The average molecular weight is 429 g/mol. The normalized spacial score (nSPS) is 20.0. The molecule has 1 aliphatic heterocycles. The summed E-state index contributed by atoms with van der Waals surface area (Å²) in [5.41, 5.74) is 10.7. The number of aliphatic hydroxyl groups is 1. The molecule has 1 heterocycles. The lowest BCUT2D eigenvalue weighted by Crippen LogP contribution is -2.58. The molecule has 1 aliphatic rings. The topological polar surface area (TPSA) is 205 Å². The Labute approximate surface area is 174 Å². The summed E-state index contributed by atoms with van der Waals surface area (Å²) in [6, 6.07) is -4.67. The molecule has 170 valence electrons. The number of primary amides is 1. The third-order valence-electron chi connectivity index (χ3n) is 5.17. The zero-order valence-corrected chi connectivity index (χ0v) is 17.2. The van der Waals surface area contributed by atoms with E-state index in [0.29, 0.717) is 19.3 Å². The molecule has 1 saturated heterocycles. The molecule has 0 aromatic carbocycles. The van der Waals surface area contributed by atoms with Gasteiger partial charge in [0.25, 0.3) is 0 Å². The Kier molecular flexibility index (Phi) is 9.66. The van der Waals surface area contributed by atoms with Crippen LogP contribution in [0.3, 0.4) is 0 Å². The molecule has 30 heavy (non-hydrogen) atoms. The number of carboxylic acid groups (broad SMARTS) is 1. The molecule has 0 aromatic rings. The van der Waals surface area contributed by atoms with E-state index in [0.717, 1.165) is 0 Å². The lowest BCUT2D eigenvalue weighted by Gasteiger charge is -2.28. The van der Waals surface area contributed by atoms with Gasteiger partial charge < -0.3 is 37.2 Å². The molecule has 0 spiro atoms. The zero-order valence-electron chi connectivity index (χ0n) is 17.2. The third-order valence-corrected chi connectivity index (χ3v) is 5.17. The van der Waals surface area contributed by atoms with Gasteiger partial charge in [0.15, 0.2) is 0 Å². The zero-order chi connectivity index (χ0) is 23.0. The lowest BCUT2D eigenvalue weighted by molar-refractivity contribution is -0.144. The SMILES string of the molecule is CCC(C)C(NC(=O)C(CO)NC(=O)C1CCCN1C(=O)C(N)CC(N)=O)C(=O)O. The number of aliphatic hydroxyl groups excluding tert-OH is 1. The van der Waals surface area contributed by atoms with Gasteiger partial charge >= 0.3 is 5.97 Å². The molecule has 0 saturated carbocycles. The van der Waals surface area contributed by atoms with E-state index in [1.807, 2.05) is 0 Å². The van der Waals surface area contributed by atoms with Crippen LogP contribution in [-0.2, 0) is 24.0 Å². The maximum atomic E-state index is 12.6. The van der Waals surface area contributed by atoms with E-state index in [4.69, 9.17) is 11.5 Å². The number of nitrogens with one attached hydrogen (secondary N) is 2. The summed E-state index contributed by atoms with van der Waals surface area (Å²) in [7, 11) is 0. The van der Waals surface area contributed by atoms with Crippen LogP contribution in [0.5, 0.6) is 0 Å². The van der Waals surface area contributed by atoms with Gasteiger partial charge in [0.05, 0.1) is 19.1 Å². The molecule has 1 fully saturated rings. The van der Waals surface area contributed by atoms with E-state index in [2.05, 4.69) is 10.6 Å². The monoisotopic (exact) mass is 429 g/mol. The Morgan fingerprint density at radius 2 is 1.83 bits per heavy atom. The van der Waals surface area contributed by atoms with Crippen LogP contribution < -0.4 is 22.1 Å². The minimum atomic E-state index is -1.39. The van der Waals surface area contributed by atoms with Crippen molar-refractivity contribution < 1.29 is 34.2 Å². The van der Waals surface area contributed by atoms with Crippen molar-refractivity contribution in [3.05, 3.63) is 0 Å². The van der Waals surface area contributed by atoms with Crippen molar-refractivity contribution in [1.29, 1.82) is 0 Å². The first-order valence-corrected chi connectivity index (χ1v) is 9.82. The number of hydrogen-bond donors (Lipinski definition) is 6. The van der Waals surface area contributed by atoms with Crippen LogP contribution in [0.4, 0.5) is 0 Å². The largest absolute Gasteiger partial charge is 0.480 e. The fourth-order valence-corrected chi connectivity index (χ4v) is 3.22. The van der Waals surface area contributed by atoms with Crippen LogP contribution in [-0.4, -0.2) is 82.0 Å². The molecule has 12 nitrogen and oxygen atoms in total. The Morgan fingerprint density at radius 1 is 1.20 bits per heavy atom. The Morgan fingerprint density at radius 3 is 2.33 bits per heavy atom. The first-order chi connectivity index (χ1) is 14.0. The Balaban J connectivity index is 2.81. The predicted octanol–water partition coefficient (Wildman–Crippen LogP) is -2.73. The average Bonchev–Trinajstić information content (AvgIpc) is 3.17. The molecule has 0 aromatic heterocycles. The number of likely N-dealkylation sites (tertiary alicyclic amines) is 1. The van der Waals surface area contributed by atoms with E-state index in [1.54, 1.807) is 13.8 Å². The van der Waals surface area contributed by atoms with Crippen molar-refractivity contribution in [3.8, 4) is 0 Å². The summed E-state index contributed by atoms with van der Waals surface area (Å²) in [5.74, 6) is -4.48. The number of aliphatic carboxylic acids is 1. The highest BCUT2D eigenvalue weighted by Gasteiger charge is 2.38. The van der Waals surface area contributed by atoms with Gasteiger partial charge in [0.1, 0.15) is 18.1 Å². The molecule has 5 unspecified atom stereocenters. The second kappa shape index (κ2) is 11.5. The first kappa shape index (κ1) is 25.3. The van der Waals surface area contributed by atoms with E-state index >= 15 is 0 Å². The maximum Gasteiger partial charge on any atom is 0.326 e. The fourth-order valence-electron chi connectivity index (χ4n) is 3.22. The number of carbonyl (C=O) groups is 5. The molecule has 4 amide bonds. The Bertz CT molecular complexity index is 671.